The van der Waals surface area contributed by atoms with Crippen molar-refractivity contribution in [1.82, 2.24) is 5.32 Å². The van der Waals surface area contributed by atoms with Gasteiger partial charge in [-0.25, -0.2) is 9.79 Å². The average molecular weight is 514 g/mol. The van der Waals surface area contributed by atoms with Gasteiger partial charge < -0.3 is 10.1 Å². The summed E-state index contributed by atoms with van der Waals surface area (Å²) < 4.78 is 6.33. The number of amides is 1. The molecule has 3 aromatic carbocycles. The normalized spacial score (nSPS) is 15.9. The predicted molar refractivity (Wildman–Crippen MR) is 128 cm³/mol. The van der Waals surface area contributed by atoms with Crippen molar-refractivity contribution in [2.75, 3.05) is 0 Å². The fraction of sp³-hybridized carbons (Fsp3) is 0. The zero-order valence-electron chi connectivity index (χ0n) is 15.8. The van der Waals surface area contributed by atoms with Gasteiger partial charge in [-0.05, 0) is 78.0 Å². The highest BCUT2D eigenvalue weighted by Gasteiger charge is 2.23. The summed E-state index contributed by atoms with van der Waals surface area (Å²) in [6.45, 7) is 0. The van der Waals surface area contributed by atoms with E-state index in [2.05, 4.69) is 26.2 Å². The van der Waals surface area contributed by atoms with Gasteiger partial charge in [-0.3, -0.25) is 4.79 Å². The van der Waals surface area contributed by atoms with E-state index in [-0.39, 0.29) is 5.91 Å². The Hall–Kier alpha value is -2.87. The molecule has 0 unspecified atom stereocenters. The lowest BCUT2D eigenvalue weighted by atomic mass is 10.2. The zero-order valence-corrected chi connectivity index (χ0v) is 19.0. The van der Waals surface area contributed by atoms with Gasteiger partial charge in [-0.1, -0.05) is 45.7 Å². The molecule has 8 heteroatoms. The largest absolute Gasteiger partial charge is 0.423 e. The Morgan fingerprint density at radius 2 is 1.81 bits per heavy atom. The van der Waals surface area contributed by atoms with Crippen molar-refractivity contribution in [3.05, 3.63) is 98.3 Å². The van der Waals surface area contributed by atoms with Crippen molar-refractivity contribution >= 4 is 68.1 Å². The molecule has 1 aliphatic heterocycles. The van der Waals surface area contributed by atoms with E-state index in [0.29, 0.717) is 26.4 Å². The van der Waals surface area contributed by atoms with Crippen LogP contribution < -0.4 is 10.1 Å². The summed E-state index contributed by atoms with van der Waals surface area (Å²) >= 11 is 10.6. The second-order valence-corrected chi connectivity index (χ2v) is 8.81. The Morgan fingerprint density at radius 1 is 1.06 bits per heavy atom. The number of rotatable bonds is 4. The average Bonchev–Trinajstić information content (AvgIpc) is 3.09. The number of halogens is 2. The van der Waals surface area contributed by atoms with Crippen molar-refractivity contribution in [2.45, 2.75) is 0 Å². The minimum Gasteiger partial charge on any atom is -0.423 e. The maximum Gasteiger partial charge on any atom is 0.343 e. The Labute approximate surface area is 196 Å². The molecule has 4 rings (SSSR count). The van der Waals surface area contributed by atoms with Crippen LogP contribution in [0.2, 0.25) is 5.02 Å². The van der Waals surface area contributed by atoms with E-state index in [9.17, 15) is 9.59 Å². The van der Waals surface area contributed by atoms with Crippen molar-refractivity contribution < 1.29 is 14.3 Å². The molecule has 1 fully saturated rings. The van der Waals surface area contributed by atoms with Gasteiger partial charge in [0.2, 0.25) is 0 Å². The fourth-order valence-electron chi connectivity index (χ4n) is 2.68. The molecule has 1 saturated heterocycles. The molecule has 3 aromatic rings. The molecule has 154 valence electrons. The van der Waals surface area contributed by atoms with Gasteiger partial charge in [0.25, 0.3) is 5.91 Å². The van der Waals surface area contributed by atoms with Crippen LogP contribution in [0.3, 0.4) is 0 Å². The first kappa shape index (κ1) is 21.4. The van der Waals surface area contributed by atoms with Gasteiger partial charge >= 0.3 is 5.97 Å². The fourth-order valence-corrected chi connectivity index (χ4v) is 3.97. The lowest BCUT2D eigenvalue weighted by molar-refractivity contribution is -0.115. The van der Waals surface area contributed by atoms with Crippen molar-refractivity contribution in [3.63, 3.8) is 0 Å². The molecule has 31 heavy (non-hydrogen) atoms. The number of benzene rings is 3. The van der Waals surface area contributed by atoms with Crippen LogP contribution in [0.1, 0.15) is 15.9 Å². The molecule has 0 spiro atoms. The maximum absolute atomic E-state index is 12.3. The van der Waals surface area contributed by atoms with Gasteiger partial charge in [-0.15, -0.1) is 0 Å². The van der Waals surface area contributed by atoms with E-state index in [4.69, 9.17) is 16.3 Å². The molecule has 0 saturated carbocycles. The van der Waals surface area contributed by atoms with Gasteiger partial charge in [0.05, 0.1) is 16.2 Å². The summed E-state index contributed by atoms with van der Waals surface area (Å²) in [6, 6.07) is 20.9. The summed E-state index contributed by atoms with van der Waals surface area (Å²) in [6.07, 6.45) is 1.76. The van der Waals surface area contributed by atoms with Crippen LogP contribution in [0.25, 0.3) is 6.08 Å². The highest BCUT2D eigenvalue weighted by Crippen LogP contribution is 2.29. The lowest BCUT2D eigenvalue weighted by Crippen LogP contribution is -2.19. The van der Waals surface area contributed by atoms with E-state index in [1.165, 1.54) is 11.8 Å². The third-order valence-electron chi connectivity index (χ3n) is 4.16. The first-order valence-electron chi connectivity index (χ1n) is 9.09. The number of carbonyl (C=O) groups excluding carboxylic acids is 2. The number of amidine groups is 1. The number of ether oxygens (including phenoxy) is 1. The zero-order chi connectivity index (χ0) is 21.8. The molecule has 0 aromatic heterocycles. The quantitative estimate of drug-likeness (QED) is 0.256. The molecule has 1 aliphatic rings. The third kappa shape index (κ3) is 5.64. The Kier molecular flexibility index (Phi) is 6.56. The number of nitrogens with one attached hydrogen (secondary N) is 1. The van der Waals surface area contributed by atoms with Crippen LogP contribution in [0.5, 0.6) is 5.75 Å². The first-order valence-corrected chi connectivity index (χ1v) is 11.1. The van der Waals surface area contributed by atoms with Gasteiger partial charge in [-0.2, -0.15) is 0 Å². The second-order valence-electron chi connectivity index (χ2n) is 6.43. The summed E-state index contributed by atoms with van der Waals surface area (Å²) in [5, 5.41) is 3.75. The number of nitrogens with zero attached hydrogens (tertiary/aromatic N) is 1. The monoisotopic (exact) mass is 512 g/mol. The van der Waals surface area contributed by atoms with E-state index in [0.717, 1.165) is 15.7 Å². The van der Waals surface area contributed by atoms with Gasteiger partial charge in [0.1, 0.15) is 5.75 Å². The van der Waals surface area contributed by atoms with Crippen LogP contribution >= 0.6 is 39.3 Å². The topological polar surface area (TPSA) is 67.8 Å². The predicted octanol–water partition coefficient (Wildman–Crippen LogP) is 6.21. The number of hydrogen-bond acceptors (Lipinski definition) is 5. The van der Waals surface area contributed by atoms with Crippen LogP contribution in [-0.2, 0) is 4.79 Å². The van der Waals surface area contributed by atoms with E-state index < -0.39 is 5.97 Å². The molecule has 1 amide bonds. The number of hydrogen-bond donors (Lipinski definition) is 1. The summed E-state index contributed by atoms with van der Waals surface area (Å²) in [4.78, 5) is 29.4. The molecule has 0 bridgehead atoms. The molecular weight excluding hydrogens is 500 g/mol. The Balaban J connectivity index is 1.43. The van der Waals surface area contributed by atoms with Crippen molar-refractivity contribution in [3.8, 4) is 5.75 Å². The molecule has 0 aliphatic carbocycles. The number of carbonyl (C=O) groups is 2. The van der Waals surface area contributed by atoms with Gasteiger partial charge in [0.15, 0.2) is 5.17 Å². The van der Waals surface area contributed by atoms with E-state index >= 15 is 0 Å². The number of thioether (sulfide) groups is 1. The van der Waals surface area contributed by atoms with Crippen molar-refractivity contribution in [2.24, 2.45) is 4.99 Å². The highest BCUT2D eigenvalue weighted by molar-refractivity contribution is 9.10. The first-order chi connectivity index (χ1) is 15.0. The van der Waals surface area contributed by atoms with Crippen molar-refractivity contribution in [1.29, 1.82) is 0 Å². The number of aliphatic imine (C=N–C) groups is 1. The minimum atomic E-state index is -0.492. The van der Waals surface area contributed by atoms with E-state index in [1.54, 1.807) is 54.6 Å². The molecule has 0 atom stereocenters. The molecule has 1 N–H and O–H groups in total. The summed E-state index contributed by atoms with van der Waals surface area (Å²) in [7, 11) is 0. The summed E-state index contributed by atoms with van der Waals surface area (Å²) in [5.74, 6) is -0.307. The maximum atomic E-state index is 12.3. The highest BCUT2D eigenvalue weighted by atomic mass is 79.9. The van der Waals surface area contributed by atoms with Crippen LogP contribution in [0.15, 0.2) is 87.2 Å². The standard InChI is InChI=1S/C23H14BrClN2O3S/c24-16-6-8-18(9-7-16)26-23-27-21(28)20(31-23)12-14-4-10-19(11-5-14)30-22(29)15-2-1-3-17(25)13-15/h1-13H,(H,26,27,28)/b20-12-. The molecular formula is C23H14BrClN2O3S. The number of esters is 1. The Morgan fingerprint density at radius 3 is 2.52 bits per heavy atom. The smallest absolute Gasteiger partial charge is 0.343 e. The van der Waals surface area contributed by atoms with E-state index in [1.807, 2.05) is 24.3 Å². The molecule has 1 heterocycles. The minimum absolute atomic E-state index is 0.211. The third-order valence-corrected chi connectivity index (χ3v) is 5.83. The van der Waals surface area contributed by atoms with Crippen LogP contribution in [-0.4, -0.2) is 17.0 Å². The Bertz CT molecular complexity index is 1210. The molecule has 0 radical (unpaired) electrons. The molecule has 5 nitrogen and oxygen atoms in total. The van der Waals surface area contributed by atoms with Crippen LogP contribution in [0.4, 0.5) is 5.69 Å². The second kappa shape index (κ2) is 9.51. The van der Waals surface area contributed by atoms with Gasteiger partial charge in [0, 0.05) is 9.50 Å². The van der Waals surface area contributed by atoms with Crippen LogP contribution in [0, 0.1) is 0 Å². The lowest BCUT2D eigenvalue weighted by Gasteiger charge is -2.05. The summed E-state index contributed by atoms with van der Waals surface area (Å²) in [5.41, 5.74) is 1.92. The SMILES string of the molecule is O=C1NC(=Nc2ccc(Br)cc2)S/C1=C\c1ccc(OC(=O)c2cccc(Cl)c2)cc1.